The summed E-state index contributed by atoms with van der Waals surface area (Å²) in [7, 11) is 0. The van der Waals surface area contributed by atoms with Crippen molar-refractivity contribution in [2.75, 3.05) is 13.1 Å². The minimum absolute atomic E-state index is 0.395. The second-order valence-electron chi connectivity index (χ2n) is 7.82. The monoisotopic (exact) mass is 375 g/mol. The number of hydrogen-bond donors (Lipinski definition) is 1. The van der Waals surface area contributed by atoms with E-state index in [9.17, 15) is 9.90 Å². The molecular formula is C24H41NO2. The highest BCUT2D eigenvalue weighted by Crippen LogP contribution is 2.13. The largest absolute Gasteiger partial charge is 0.478 e. The Bertz CT molecular complexity index is 485. The van der Waals surface area contributed by atoms with E-state index in [1.807, 2.05) is 12.1 Å². The van der Waals surface area contributed by atoms with Gasteiger partial charge in [-0.25, -0.2) is 4.79 Å². The van der Waals surface area contributed by atoms with E-state index in [1.54, 1.807) is 6.07 Å². The summed E-state index contributed by atoms with van der Waals surface area (Å²) in [6.07, 6.45) is 15.8. The second-order valence-corrected chi connectivity index (χ2v) is 7.82. The van der Waals surface area contributed by atoms with Gasteiger partial charge in [-0.2, -0.15) is 0 Å². The van der Waals surface area contributed by atoms with Gasteiger partial charge < -0.3 is 5.11 Å². The van der Waals surface area contributed by atoms with E-state index in [-0.39, 0.29) is 0 Å². The molecule has 0 spiro atoms. The van der Waals surface area contributed by atoms with Crippen LogP contribution in [-0.4, -0.2) is 29.1 Å². The minimum Gasteiger partial charge on any atom is -0.478 e. The zero-order valence-electron chi connectivity index (χ0n) is 17.7. The number of rotatable bonds is 17. The van der Waals surface area contributed by atoms with Crippen molar-refractivity contribution in [3.05, 3.63) is 35.4 Å². The van der Waals surface area contributed by atoms with Gasteiger partial charge in [-0.3, -0.25) is 4.90 Å². The van der Waals surface area contributed by atoms with Gasteiger partial charge in [-0.05, 0) is 43.6 Å². The third-order valence-corrected chi connectivity index (χ3v) is 5.24. The topological polar surface area (TPSA) is 40.5 Å². The summed E-state index contributed by atoms with van der Waals surface area (Å²) < 4.78 is 0. The van der Waals surface area contributed by atoms with Gasteiger partial charge in [0.25, 0.3) is 0 Å². The standard InChI is InChI=1S/C24H41NO2/c1-3-5-7-9-11-13-18-25(19-14-12-10-8-6-4-2)21-22-16-15-17-23(20-22)24(26)27/h15-17,20H,3-14,18-19,21H2,1-2H3,(H,26,27). The number of nitrogens with zero attached hydrogens (tertiary/aromatic N) is 1. The maximum atomic E-state index is 11.2. The molecule has 0 saturated heterocycles. The van der Waals surface area contributed by atoms with Crippen LogP contribution in [-0.2, 0) is 6.54 Å². The summed E-state index contributed by atoms with van der Waals surface area (Å²) in [5, 5.41) is 9.22. The molecule has 0 aromatic heterocycles. The van der Waals surface area contributed by atoms with Crippen molar-refractivity contribution >= 4 is 5.97 Å². The van der Waals surface area contributed by atoms with Crippen molar-refractivity contribution in [3.63, 3.8) is 0 Å². The number of carbonyl (C=O) groups is 1. The molecule has 27 heavy (non-hydrogen) atoms. The summed E-state index contributed by atoms with van der Waals surface area (Å²) in [5.41, 5.74) is 1.51. The highest BCUT2D eigenvalue weighted by molar-refractivity contribution is 5.87. The van der Waals surface area contributed by atoms with Crippen molar-refractivity contribution < 1.29 is 9.90 Å². The molecule has 0 unspecified atom stereocenters. The molecule has 0 aliphatic rings. The number of aromatic carboxylic acids is 1. The molecule has 1 N–H and O–H groups in total. The van der Waals surface area contributed by atoms with E-state index in [4.69, 9.17) is 0 Å². The maximum Gasteiger partial charge on any atom is 0.335 e. The maximum absolute atomic E-state index is 11.2. The fraction of sp³-hybridized carbons (Fsp3) is 0.708. The van der Waals surface area contributed by atoms with Crippen molar-refractivity contribution in [1.82, 2.24) is 4.90 Å². The summed E-state index contributed by atoms with van der Waals surface area (Å²) in [6.45, 7) is 7.63. The predicted octanol–water partition coefficient (Wildman–Crippen LogP) is 6.91. The fourth-order valence-electron chi connectivity index (χ4n) is 3.56. The van der Waals surface area contributed by atoms with Crippen molar-refractivity contribution in [3.8, 4) is 0 Å². The molecule has 0 bridgehead atoms. The molecule has 1 aromatic rings. The molecule has 0 heterocycles. The Morgan fingerprint density at radius 3 is 1.85 bits per heavy atom. The quantitative estimate of drug-likeness (QED) is 0.301. The molecule has 3 nitrogen and oxygen atoms in total. The van der Waals surface area contributed by atoms with E-state index in [0.29, 0.717) is 5.56 Å². The van der Waals surface area contributed by atoms with Crippen LogP contribution >= 0.6 is 0 Å². The number of carboxylic acid groups (broad SMARTS) is 1. The van der Waals surface area contributed by atoms with Crippen LogP contribution in [0.25, 0.3) is 0 Å². The summed E-state index contributed by atoms with van der Waals surface area (Å²) in [6, 6.07) is 7.43. The van der Waals surface area contributed by atoms with Crippen LogP contribution in [0.15, 0.2) is 24.3 Å². The van der Waals surface area contributed by atoms with Crippen molar-refractivity contribution in [2.45, 2.75) is 97.4 Å². The Labute approximate surface area is 167 Å². The van der Waals surface area contributed by atoms with E-state index in [0.717, 1.165) is 25.2 Å². The Balaban J connectivity index is 2.45. The van der Waals surface area contributed by atoms with E-state index < -0.39 is 5.97 Å². The molecule has 154 valence electrons. The first kappa shape index (κ1) is 23.7. The zero-order chi connectivity index (χ0) is 19.7. The van der Waals surface area contributed by atoms with E-state index in [2.05, 4.69) is 24.8 Å². The molecule has 0 saturated carbocycles. The number of unbranched alkanes of at least 4 members (excludes halogenated alkanes) is 10. The molecule has 0 amide bonds. The molecule has 0 atom stereocenters. The average Bonchev–Trinajstić information content (AvgIpc) is 2.67. The first-order valence-electron chi connectivity index (χ1n) is 11.2. The molecule has 0 aliphatic heterocycles. The molecule has 1 aromatic carbocycles. The number of benzene rings is 1. The van der Waals surface area contributed by atoms with Gasteiger partial charge in [0.1, 0.15) is 0 Å². The summed E-state index contributed by atoms with van der Waals surface area (Å²) >= 11 is 0. The van der Waals surface area contributed by atoms with Crippen LogP contribution in [0.3, 0.4) is 0 Å². The Hall–Kier alpha value is -1.35. The lowest BCUT2D eigenvalue weighted by Gasteiger charge is -2.23. The summed E-state index contributed by atoms with van der Waals surface area (Å²) in [4.78, 5) is 13.7. The van der Waals surface area contributed by atoms with Gasteiger partial charge in [-0.15, -0.1) is 0 Å². The van der Waals surface area contributed by atoms with Crippen LogP contribution in [0.5, 0.6) is 0 Å². The van der Waals surface area contributed by atoms with Gasteiger partial charge in [0, 0.05) is 6.54 Å². The molecule has 3 heteroatoms. The van der Waals surface area contributed by atoms with Crippen LogP contribution in [0, 0.1) is 0 Å². The van der Waals surface area contributed by atoms with Crippen LogP contribution in [0.1, 0.15) is 107 Å². The molecule has 0 radical (unpaired) electrons. The fourth-order valence-corrected chi connectivity index (χ4v) is 3.56. The SMILES string of the molecule is CCCCCCCCN(CCCCCCCC)Cc1cccc(C(=O)O)c1. The first-order valence-corrected chi connectivity index (χ1v) is 11.2. The molecule has 1 rings (SSSR count). The predicted molar refractivity (Wildman–Crippen MR) is 115 cm³/mol. The first-order chi connectivity index (χ1) is 13.2. The van der Waals surface area contributed by atoms with E-state index >= 15 is 0 Å². The highest BCUT2D eigenvalue weighted by Gasteiger charge is 2.09. The van der Waals surface area contributed by atoms with E-state index in [1.165, 1.54) is 77.0 Å². The summed E-state index contributed by atoms with van der Waals surface area (Å²) in [5.74, 6) is -0.838. The minimum atomic E-state index is -0.838. The Kier molecular flexibility index (Phi) is 13.8. The van der Waals surface area contributed by atoms with Gasteiger partial charge in [0.05, 0.1) is 5.56 Å². The number of hydrogen-bond acceptors (Lipinski definition) is 2. The third-order valence-electron chi connectivity index (χ3n) is 5.24. The van der Waals surface area contributed by atoms with Crippen LogP contribution < -0.4 is 0 Å². The molecule has 0 fully saturated rings. The lowest BCUT2D eigenvalue weighted by molar-refractivity contribution is 0.0696. The van der Waals surface area contributed by atoms with Gasteiger partial charge in [0.15, 0.2) is 0 Å². The van der Waals surface area contributed by atoms with Gasteiger partial charge in [0.2, 0.25) is 0 Å². The lowest BCUT2D eigenvalue weighted by Crippen LogP contribution is -2.26. The number of carboxylic acids is 1. The van der Waals surface area contributed by atoms with Crippen LogP contribution in [0.4, 0.5) is 0 Å². The average molecular weight is 376 g/mol. The van der Waals surface area contributed by atoms with Gasteiger partial charge >= 0.3 is 5.97 Å². The Morgan fingerprint density at radius 2 is 1.33 bits per heavy atom. The van der Waals surface area contributed by atoms with Crippen LogP contribution in [0.2, 0.25) is 0 Å². The second kappa shape index (κ2) is 15.7. The zero-order valence-corrected chi connectivity index (χ0v) is 17.7. The van der Waals surface area contributed by atoms with Crippen molar-refractivity contribution in [1.29, 1.82) is 0 Å². The smallest absolute Gasteiger partial charge is 0.335 e. The van der Waals surface area contributed by atoms with Crippen molar-refractivity contribution in [2.24, 2.45) is 0 Å². The normalized spacial score (nSPS) is 11.2. The molecule has 0 aliphatic carbocycles. The highest BCUT2D eigenvalue weighted by atomic mass is 16.4. The Morgan fingerprint density at radius 1 is 0.815 bits per heavy atom. The lowest BCUT2D eigenvalue weighted by atomic mass is 10.1. The third kappa shape index (κ3) is 11.9. The molecular weight excluding hydrogens is 334 g/mol. The van der Waals surface area contributed by atoms with Gasteiger partial charge in [-0.1, -0.05) is 90.2 Å².